The van der Waals surface area contributed by atoms with Crippen LogP contribution >= 0.6 is 0 Å². The van der Waals surface area contributed by atoms with Crippen molar-refractivity contribution in [2.24, 2.45) is 0 Å². The molecule has 0 atom stereocenters. The van der Waals surface area contributed by atoms with E-state index in [9.17, 15) is 9.18 Å². The second kappa shape index (κ2) is 9.35. The van der Waals surface area contributed by atoms with Crippen molar-refractivity contribution < 1.29 is 18.3 Å². The minimum absolute atomic E-state index is 0.138. The van der Waals surface area contributed by atoms with Gasteiger partial charge in [0.2, 0.25) is 11.8 Å². The Morgan fingerprint density at radius 2 is 2.00 bits per heavy atom. The standard InChI is InChI=1S/C26H23FN4O3/c1-30(15-18-6-3-2-4-7-18)26-28-23-10-12-31(25(32)19-11-13-33-17-19)16-22(23)24(29-26)34-21-9-5-8-20(27)14-21/h2-9,11,13-14,17H,10,12,15-16H2,1H3. The van der Waals surface area contributed by atoms with Crippen LogP contribution in [0, 0.1) is 5.82 Å². The first kappa shape index (κ1) is 21.6. The predicted molar refractivity (Wildman–Crippen MR) is 124 cm³/mol. The summed E-state index contributed by atoms with van der Waals surface area (Å²) >= 11 is 0. The average Bonchev–Trinajstić information content (AvgIpc) is 3.39. The maximum Gasteiger partial charge on any atom is 0.257 e. The second-order valence-electron chi connectivity index (χ2n) is 8.14. The van der Waals surface area contributed by atoms with Crippen molar-refractivity contribution in [3.8, 4) is 11.6 Å². The highest BCUT2D eigenvalue weighted by Crippen LogP contribution is 2.32. The van der Waals surface area contributed by atoms with Gasteiger partial charge in [-0.15, -0.1) is 0 Å². The van der Waals surface area contributed by atoms with Crippen LogP contribution < -0.4 is 9.64 Å². The summed E-state index contributed by atoms with van der Waals surface area (Å²) in [6, 6.07) is 17.6. The van der Waals surface area contributed by atoms with E-state index in [1.165, 1.54) is 24.7 Å². The van der Waals surface area contributed by atoms with Gasteiger partial charge in [-0.1, -0.05) is 36.4 Å². The fraction of sp³-hybridized carbons (Fsp3) is 0.192. The van der Waals surface area contributed by atoms with Crippen LogP contribution in [0.4, 0.5) is 10.3 Å². The number of carbonyl (C=O) groups excluding carboxylic acids is 1. The third-order valence-corrected chi connectivity index (χ3v) is 5.68. The van der Waals surface area contributed by atoms with E-state index in [0.717, 1.165) is 11.3 Å². The lowest BCUT2D eigenvalue weighted by Gasteiger charge is -2.30. The molecule has 1 aliphatic rings. The third kappa shape index (κ3) is 4.61. The lowest BCUT2D eigenvalue weighted by atomic mass is 10.1. The van der Waals surface area contributed by atoms with Gasteiger partial charge < -0.3 is 19.0 Å². The van der Waals surface area contributed by atoms with Gasteiger partial charge in [-0.05, 0) is 23.8 Å². The van der Waals surface area contributed by atoms with E-state index in [2.05, 4.69) is 4.98 Å². The molecule has 0 saturated carbocycles. The summed E-state index contributed by atoms with van der Waals surface area (Å²) in [5.74, 6) is 0.606. The Morgan fingerprint density at radius 3 is 2.76 bits per heavy atom. The highest BCUT2D eigenvalue weighted by molar-refractivity contribution is 5.94. The molecular formula is C26H23FN4O3. The summed E-state index contributed by atoms with van der Waals surface area (Å²) in [4.78, 5) is 26.0. The molecule has 0 spiro atoms. The average molecular weight is 458 g/mol. The Labute approximate surface area is 196 Å². The lowest BCUT2D eigenvalue weighted by Crippen LogP contribution is -2.37. The number of aromatic nitrogens is 2. The first-order chi connectivity index (χ1) is 16.6. The van der Waals surface area contributed by atoms with Gasteiger partial charge in [-0.25, -0.2) is 9.37 Å². The molecule has 3 heterocycles. The molecule has 0 radical (unpaired) electrons. The van der Waals surface area contributed by atoms with Gasteiger partial charge in [0.15, 0.2) is 0 Å². The van der Waals surface area contributed by atoms with Crippen LogP contribution in [-0.2, 0) is 19.5 Å². The molecule has 0 bridgehead atoms. The zero-order valence-electron chi connectivity index (χ0n) is 18.6. The van der Waals surface area contributed by atoms with Crippen LogP contribution in [0.15, 0.2) is 77.6 Å². The number of furan rings is 1. The molecule has 0 aliphatic carbocycles. The first-order valence-corrected chi connectivity index (χ1v) is 11.0. The fourth-order valence-corrected chi connectivity index (χ4v) is 3.94. The monoisotopic (exact) mass is 458 g/mol. The SMILES string of the molecule is CN(Cc1ccccc1)c1nc2c(c(Oc3cccc(F)c3)n1)CN(C(=O)c1ccoc1)CC2. The van der Waals surface area contributed by atoms with E-state index in [-0.39, 0.29) is 12.5 Å². The lowest BCUT2D eigenvalue weighted by molar-refractivity contribution is 0.0731. The zero-order chi connectivity index (χ0) is 23.5. The molecule has 0 unspecified atom stereocenters. The van der Waals surface area contributed by atoms with E-state index in [4.69, 9.17) is 14.1 Å². The number of nitrogens with zero attached hydrogens (tertiary/aromatic N) is 4. The van der Waals surface area contributed by atoms with E-state index in [1.54, 1.807) is 23.1 Å². The molecule has 0 fully saturated rings. The minimum atomic E-state index is -0.404. The van der Waals surface area contributed by atoms with Crippen LogP contribution in [0.5, 0.6) is 11.6 Å². The number of hydrogen-bond acceptors (Lipinski definition) is 6. The molecule has 1 aliphatic heterocycles. The van der Waals surface area contributed by atoms with Crippen LogP contribution in [0.1, 0.15) is 27.2 Å². The van der Waals surface area contributed by atoms with Crippen LogP contribution in [-0.4, -0.2) is 34.4 Å². The Bertz CT molecular complexity index is 1290. The first-order valence-electron chi connectivity index (χ1n) is 11.0. The van der Waals surface area contributed by atoms with E-state index >= 15 is 0 Å². The highest BCUT2D eigenvalue weighted by Gasteiger charge is 2.28. The van der Waals surface area contributed by atoms with Crippen molar-refractivity contribution in [1.82, 2.24) is 14.9 Å². The molecule has 7 nitrogen and oxygen atoms in total. The maximum absolute atomic E-state index is 13.8. The molecule has 0 N–H and O–H groups in total. The van der Waals surface area contributed by atoms with Gasteiger partial charge in [0.05, 0.1) is 29.6 Å². The van der Waals surface area contributed by atoms with Crippen LogP contribution in [0.25, 0.3) is 0 Å². The molecule has 172 valence electrons. The van der Waals surface area contributed by atoms with Gasteiger partial charge in [0, 0.05) is 32.6 Å². The van der Waals surface area contributed by atoms with E-state index in [1.807, 2.05) is 42.3 Å². The smallest absolute Gasteiger partial charge is 0.257 e. The molecule has 1 amide bonds. The molecule has 34 heavy (non-hydrogen) atoms. The number of carbonyl (C=O) groups is 1. The summed E-state index contributed by atoms with van der Waals surface area (Å²) in [7, 11) is 1.91. The number of rotatable bonds is 6. The van der Waals surface area contributed by atoms with Crippen molar-refractivity contribution in [2.45, 2.75) is 19.5 Å². The number of fused-ring (bicyclic) bond motifs is 1. The summed E-state index contributed by atoms with van der Waals surface area (Å²) < 4.78 is 24.9. The second-order valence-corrected chi connectivity index (χ2v) is 8.14. The van der Waals surface area contributed by atoms with Crippen molar-refractivity contribution in [1.29, 1.82) is 0 Å². The third-order valence-electron chi connectivity index (χ3n) is 5.68. The molecule has 4 aromatic rings. The van der Waals surface area contributed by atoms with Gasteiger partial charge in [0.1, 0.15) is 17.8 Å². The molecular weight excluding hydrogens is 435 g/mol. The van der Waals surface area contributed by atoms with Gasteiger partial charge >= 0.3 is 0 Å². The fourth-order valence-electron chi connectivity index (χ4n) is 3.94. The number of benzene rings is 2. The summed E-state index contributed by atoms with van der Waals surface area (Å²) in [6.07, 6.45) is 3.45. The van der Waals surface area contributed by atoms with Crippen molar-refractivity contribution >= 4 is 11.9 Å². The molecule has 0 saturated heterocycles. The number of anilines is 1. The van der Waals surface area contributed by atoms with E-state index in [0.29, 0.717) is 48.2 Å². The summed E-state index contributed by atoms with van der Waals surface area (Å²) in [6.45, 7) is 1.41. The number of hydrogen-bond donors (Lipinski definition) is 0. The Hall–Kier alpha value is -4.20. The topological polar surface area (TPSA) is 71.7 Å². The van der Waals surface area contributed by atoms with Gasteiger partial charge in [-0.3, -0.25) is 4.79 Å². The molecule has 5 rings (SSSR count). The van der Waals surface area contributed by atoms with Crippen LogP contribution in [0.3, 0.4) is 0 Å². The largest absolute Gasteiger partial charge is 0.472 e. The van der Waals surface area contributed by atoms with Crippen molar-refractivity contribution in [3.63, 3.8) is 0 Å². The van der Waals surface area contributed by atoms with Crippen molar-refractivity contribution in [2.75, 3.05) is 18.5 Å². The Kier molecular flexibility index (Phi) is 5.95. The minimum Gasteiger partial charge on any atom is -0.472 e. The van der Waals surface area contributed by atoms with E-state index < -0.39 is 5.82 Å². The Morgan fingerprint density at radius 1 is 1.15 bits per heavy atom. The highest BCUT2D eigenvalue weighted by atomic mass is 19.1. The molecule has 2 aromatic heterocycles. The van der Waals surface area contributed by atoms with Crippen LogP contribution in [0.2, 0.25) is 0 Å². The summed E-state index contributed by atoms with van der Waals surface area (Å²) in [5, 5.41) is 0. The maximum atomic E-state index is 13.8. The Balaban J connectivity index is 1.48. The number of ether oxygens (including phenoxy) is 1. The zero-order valence-corrected chi connectivity index (χ0v) is 18.6. The van der Waals surface area contributed by atoms with Gasteiger partial charge in [-0.2, -0.15) is 4.98 Å². The van der Waals surface area contributed by atoms with Gasteiger partial charge in [0.25, 0.3) is 5.91 Å². The predicted octanol–water partition coefficient (Wildman–Crippen LogP) is 4.84. The number of halogens is 1. The normalized spacial score (nSPS) is 12.8. The van der Waals surface area contributed by atoms with Crippen molar-refractivity contribution in [3.05, 3.63) is 101 Å². The summed E-state index contributed by atoms with van der Waals surface area (Å²) in [5.41, 5.74) is 3.13. The number of amides is 1. The molecule has 2 aromatic carbocycles. The quantitative estimate of drug-likeness (QED) is 0.412. The molecule has 8 heteroatoms.